The smallest absolute Gasteiger partial charge is 0.256 e. The van der Waals surface area contributed by atoms with Crippen molar-refractivity contribution >= 4 is 23.1 Å². The first-order chi connectivity index (χ1) is 16.5. The summed E-state index contributed by atoms with van der Waals surface area (Å²) in [4.78, 5) is 18.4. The minimum atomic E-state index is 0.434. The molecule has 10 nitrogen and oxygen atoms in total. The number of hydrogen-bond acceptors (Lipinski definition) is 9. The fourth-order valence-corrected chi connectivity index (χ4v) is 4.14. The first-order valence-electron chi connectivity index (χ1n) is 11.1. The Balaban J connectivity index is 1.36. The molecule has 0 spiro atoms. The molecule has 0 aliphatic carbocycles. The van der Waals surface area contributed by atoms with Crippen molar-refractivity contribution in [3.8, 4) is 22.9 Å². The second-order valence-electron chi connectivity index (χ2n) is 8.44. The zero-order valence-corrected chi connectivity index (χ0v) is 19.8. The van der Waals surface area contributed by atoms with Crippen molar-refractivity contribution in [2.24, 2.45) is 0 Å². The van der Waals surface area contributed by atoms with Crippen molar-refractivity contribution in [3.05, 3.63) is 48.8 Å². The molecule has 1 aliphatic heterocycles. The molecule has 4 aromatic heterocycles. The highest BCUT2D eigenvalue weighted by Crippen LogP contribution is 2.29. The van der Waals surface area contributed by atoms with Gasteiger partial charge in [0.05, 0.1) is 19.9 Å². The lowest BCUT2D eigenvalue weighted by atomic mass is 10.2. The molecule has 0 aromatic carbocycles. The summed E-state index contributed by atoms with van der Waals surface area (Å²) >= 11 is 0. The van der Waals surface area contributed by atoms with Crippen molar-refractivity contribution in [3.63, 3.8) is 0 Å². The molecule has 5 heterocycles. The van der Waals surface area contributed by atoms with Gasteiger partial charge in [0.25, 0.3) is 5.88 Å². The summed E-state index contributed by atoms with van der Waals surface area (Å²) in [7, 11) is 7.40. The number of hydrogen-bond donors (Lipinski definition) is 1. The van der Waals surface area contributed by atoms with Crippen molar-refractivity contribution in [1.82, 2.24) is 29.5 Å². The van der Waals surface area contributed by atoms with Gasteiger partial charge in [-0.3, -0.25) is 0 Å². The number of pyridine rings is 2. The summed E-state index contributed by atoms with van der Waals surface area (Å²) in [5, 5.41) is 7.90. The number of methoxy groups -OCH3 is 2. The lowest BCUT2D eigenvalue weighted by Crippen LogP contribution is -2.31. The summed E-state index contributed by atoms with van der Waals surface area (Å²) in [6, 6.07) is 12.2. The normalized spacial score (nSPS) is 15.8. The fourth-order valence-electron chi connectivity index (χ4n) is 4.14. The number of anilines is 3. The van der Waals surface area contributed by atoms with E-state index in [2.05, 4.69) is 45.4 Å². The predicted molar refractivity (Wildman–Crippen MR) is 131 cm³/mol. The van der Waals surface area contributed by atoms with Crippen molar-refractivity contribution < 1.29 is 9.47 Å². The maximum absolute atomic E-state index is 5.36. The molecule has 0 radical (unpaired) electrons. The quantitative estimate of drug-likeness (QED) is 0.447. The first kappa shape index (κ1) is 21.9. The van der Waals surface area contributed by atoms with E-state index in [0.29, 0.717) is 29.1 Å². The third-order valence-corrected chi connectivity index (χ3v) is 6.06. The van der Waals surface area contributed by atoms with Gasteiger partial charge in [-0.05, 0) is 44.8 Å². The zero-order chi connectivity index (χ0) is 23.7. The molecule has 0 amide bonds. The molecule has 34 heavy (non-hydrogen) atoms. The minimum absolute atomic E-state index is 0.434. The number of nitrogens with zero attached hydrogens (tertiary/aromatic N) is 7. The summed E-state index contributed by atoms with van der Waals surface area (Å²) < 4.78 is 12.3. The van der Waals surface area contributed by atoms with E-state index < -0.39 is 0 Å². The van der Waals surface area contributed by atoms with Crippen LogP contribution in [-0.2, 0) is 0 Å². The second-order valence-corrected chi connectivity index (χ2v) is 8.44. The van der Waals surface area contributed by atoms with E-state index in [1.807, 2.05) is 36.5 Å². The van der Waals surface area contributed by atoms with Crippen molar-refractivity contribution in [1.29, 1.82) is 0 Å². The van der Waals surface area contributed by atoms with Crippen LogP contribution in [0.5, 0.6) is 11.6 Å². The number of fused-ring (bicyclic) bond motifs is 1. The Morgan fingerprint density at radius 3 is 2.71 bits per heavy atom. The molecule has 0 saturated carbocycles. The molecule has 1 N–H and O–H groups in total. The first-order valence-corrected chi connectivity index (χ1v) is 11.1. The van der Waals surface area contributed by atoms with E-state index >= 15 is 0 Å². The van der Waals surface area contributed by atoms with Gasteiger partial charge in [0.15, 0.2) is 17.2 Å². The Morgan fingerprint density at radius 2 is 1.94 bits per heavy atom. The highest BCUT2D eigenvalue weighted by Gasteiger charge is 2.25. The largest absolute Gasteiger partial charge is 0.491 e. The van der Waals surface area contributed by atoms with Crippen LogP contribution in [0.1, 0.15) is 6.42 Å². The van der Waals surface area contributed by atoms with Gasteiger partial charge in [0, 0.05) is 43.2 Å². The summed E-state index contributed by atoms with van der Waals surface area (Å²) in [6.07, 6.45) is 4.72. The lowest BCUT2D eigenvalue weighted by Gasteiger charge is -2.21. The monoisotopic (exact) mass is 460 g/mol. The maximum Gasteiger partial charge on any atom is 0.256 e. The topological polar surface area (TPSA) is 92.9 Å². The lowest BCUT2D eigenvalue weighted by molar-refractivity contribution is 0.315. The summed E-state index contributed by atoms with van der Waals surface area (Å²) in [5.74, 6) is 3.38. The zero-order valence-electron chi connectivity index (χ0n) is 19.8. The van der Waals surface area contributed by atoms with Gasteiger partial charge in [-0.15, -0.1) is 5.10 Å². The summed E-state index contributed by atoms with van der Waals surface area (Å²) in [6.45, 7) is 1.99. The number of aromatic nitrogens is 5. The Morgan fingerprint density at radius 1 is 1.06 bits per heavy atom. The van der Waals surface area contributed by atoms with Crippen LogP contribution < -0.4 is 19.7 Å². The van der Waals surface area contributed by atoms with Crippen LogP contribution in [0.15, 0.2) is 48.8 Å². The summed E-state index contributed by atoms with van der Waals surface area (Å²) in [5.41, 5.74) is 2.29. The number of nitrogens with one attached hydrogen (secondary N) is 1. The van der Waals surface area contributed by atoms with Gasteiger partial charge in [-0.1, -0.05) is 6.07 Å². The third-order valence-electron chi connectivity index (χ3n) is 6.06. The van der Waals surface area contributed by atoms with E-state index in [1.165, 1.54) is 0 Å². The van der Waals surface area contributed by atoms with Crippen LogP contribution in [0.4, 0.5) is 17.5 Å². The van der Waals surface area contributed by atoms with E-state index in [1.54, 1.807) is 24.9 Å². The standard InChI is InChI=1S/C24H28N8O2/c1-30(2)17-8-10-31(15-17)22-7-5-6-20(28-22)27-21-13-23-26-18(9-11-32(23)29-21)16-12-19(33-3)24(34-4)25-14-16/h5-7,9,11-14,17H,8,10,15H2,1-4H3,(H,27,28,29)/t17-/m1/s1. The molecular weight excluding hydrogens is 432 g/mol. The number of likely N-dealkylation sites (N-methyl/N-ethyl adjacent to an activating group) is 1. The average molecular weight is 461 g/mol. The molecule has 5 rings (SSSR count). The third kappa shape index (κ3) is 4.32. The molecule has 10 heteroatoms. The van der Waals surface area contributed by atoms with Gasteiger partial charge in [0.2, 0.25) is 0 Å². The van der Waals surface area contributed by atoms with E-state index in [4.69, 9.17) is 19.4 Å². The van der Waals surface area contributed by atoms with Crippen LogP contribution in [0.2, 0.25) is 0 Å². The molecule has 4 aromatic rings. The van der Waals surface area contributed by atoms with Crippen LogP contribution in [0, 0.1) is 0 Å². The molecule has 1 atom stereocenters. The van der Waals surface area contributed by atoms with Gasteiger partial charge in [0.1, 0.15) is 11.6 Å². The molecule has 1 aliphatic rings. The fraction of sp³-hybridized carbons (Fsp3) is 0.333. The highest BCUT2D eigenvalue weighted by atomic mass is 16.5. The average Bonchev–Trinajstić information content (AvgIpc) is 3.50. The van der Waals surface area contributed by atoms with Crippen LogP contribution >= 0.6 is 0 Å². The van der Waals surface area contributed by atoms with E-state index in [-0.39, 0.29) is 0 Å². The van der Waals surface area contributed by atoms with E-state index in [0.717, 1.165) is 42.4 Å². The number of rotatable bonds is 7. The molecule has 1 saturated heterocycles. The molecular formula is C24H28N8O2. The second kappa shape index (κ2) is 9.14. The maximum atomic E-state index is 5.36. The minimum Gasteiger partial charge on any atom is -0.491 e. The molecule has 0 unspecified atom stereocenters. The van der Waals surface area contributed by atoms with Crippen molar-refractivity contribution in [2.75, 3.05) is 51.6 Å². The molecule has 1 fully saturated rings. The SMILES string of the molecule is COc1cc(-c2ccn3nc(Nc4cccc(N5CC[C@@H](N(C)C)C5)n4)cc3n2)cnc1OC. The number of ether oxygens (including phenoxy) is 2. The van der Waals surface area contributed by atoms with Crippen LogP contribution in [0.3, 0.4) is 0 Å². The van der Waals surface area contributed by atoms with E-state index in [9.17, 15) is 0 Å². The molecule has 176 valence electrons. The Bertz CT molecular complexity index is 1310. The Labute approximate surface area is 198 Å². The van der Waals surface area contributed by atoms with Gasteiger partial charge < -0.3 is 24.6 Å². The Kier molecular flexibility index (Phi) is 5.89. The van der Waals surface area contributed by atoms with Gasteiger partial charge in [-0.2, -0.15) is 0 Å². The van der Waals surface area contributed by atoms with Gasteiger partial charge >= 0.3 is 0 Å². The predicted octanol–water partition coefficient (Wildman–Crippen LogP) is 3.09. The molecule has 0 bridgehead atoms. The van der Waals surface area contributed by atoms with Crippen molar-refractivity contribution in [2.45, 2.75) is 12.5 Å². The highest BCUT2D eigenvalue weighted by molar-refractivity contribution is 5.66. The van der Waals surface area contributed by atoms with Crippen LogP contribution in [0.25, 0.3) is 16.9 Å². The Hall–Kier alpha value is -3.92. The van der Waals surface area contributed by atoms with Crippen LogP contribution in [-0.4, -0.2) is 76.9 Å². The van der Waals surface area contributed by atoms with Gasteiger partial charge in [-0.25, -0.2) is 19.5 Å².